The molecule has 0 spiro atoms. The molecule has 0 saturated carbocycles. The van der Waals surface area contributed by atoms with Gasteiger partial charge in [0.15, 0.2) is 0 Å². The average Bonchev–Trinajstić information content (AvgIpc) is 2.44. The van der Waals surface area contributed by atoms with E-state index in [1.54, 1.807) is 0 Å². The van der Waals surface area contributed by atoms with Crippen LogP contribution >= 0.6 is 0 Å². The zero-order chi connectivity index (χ0) is 14.1. The van der Waals surface area contributed by atoms with Gasteiger partial charge in [0, 0.05) is 6.54 Å². The zero-order valence-corrected chi connectivity index (χ0v) is 12.2. The normalized spacial score (nSPS) is 12.2. The number of benzene rings is 1. The highest BCUT2D eigenvalue weighted by Crippen LogP contribution is 2.07. The molecule has 0 radical (unpaired) electrons. The second kappa shape index (κ2) is 8.70. The van der Waals surface area contributed by atoms with Crippen LogP contribution in [0, 0.1) is 0 Å². The number of aryl methyl sites for hydroxylation is 1. The van der Waals surface area contributed by atoms with Crippen molar-refractivity contribution in [3.63, 3.8) is 0 Å². The van der Waals surface area contributed by atoms with Crippen LogP contribution in [-0.2, 0) is 22.5 Å². The SMILES string of the molecule is CCCC(NCc1ccc(CC)cc1)C(=O)OCC. The summed E-state index contributed by atoms with van der Waals surface area (Å²) in [5.74, 6) is -0.144. The lowest BCUT2D eigenvalue weighted by Crippen LogP contribution is -2.37. The Morgan fingerprint density at radius 3 is 2.32 bits per heavy atom. The number of rotatable bonds is 8. The molecular formula is C16H25NO2. The Hall–Kier alpha value is -1.35. The summed E-state index contributed by atoms with van der Waals surface area (Å²) in [6.07, 6.45) is 2.83. The topological polar surface area (TPSA) is 38.3 Å². The van der Waals surface area contributed by atoms with E-state index in [4.69, 9.17) is 4.74 Å². The van der Waals surface area contributed by atoms with E-state index in [0.717, 1.165) is 19.3 Å². The number of hydrogen-bond acceptors (Lipinski definition) is 3. The maximum absolute atomic E-state index is 11.8. The van der Waals surface area contributed by atoms with Gasteiger partial charge in [-0.25, -0.2) is 0 Å². The van der Waals surface area contributed by atoms with Gasteiger partial charge in [0.2, 0.25) is 0 Å². The number of carbonyl (C=O) groups excluding carboxylic acids is 1. The highest BCUT2D eigenvalue weighted by molar-refractivity contribution is 5.75. The molecule has 0 saturated heterocycles. The lowest BCUT2D eigenvalue weighted by molar-refractivity contribution is -0.145. The maximum Gasteiger partial charge on any atom is 0.323 e. The second-order valence-corrected chi connectivity index (χ2v) is 4.64. The van der Waals surface area contributed by atoms with Gasteiger partial charge in [-0.1, -0.05) is 44.5 Å². The van der Waals surface area contributed by atoms with Crippen LogP contribution in [0.1, 0.15) is 44.7 Å². The van der Waals surface area contributed by atoms with Crippen LogP contribution in [0.5, 0.6) is 0 Å². The van der Waals surface area contributed by atoms with E-state index >= 15 is 0 Å². The number of nitrogens with one attached hydrogen (secondary N) is 1. The molecule has 0 aliphatic rings. The molecule has 1 atom stereocenters. The molecule has 0 fully saturated rings. The summed E-state index contributed by atoms with van der Waals surface area (Å²) in [5.41, 5.74) is 2.53. The monoisotopic (exact) mass is 263 g/mol. The Morgan fingerprint density at radius 2 is 1.79 bits per heavy atom. The van der Waals surface area contributed by atoms with Gasteiger partial charge >= 0.3 is 5.97 Å². The van der Waals surface area contributed by atoms with Gasteiger partial charge in [0.25, 0.3) is 0 Å². The van der Waals surface area contributed by atoms with Crippen molar-refractivity contribution in [3.8, 4) is 0 Å². The first-order valence-corrected chi connectivity index (χ1v) is 7.19. The van der Waals surface area contributed by atoms with Crippen LogP contribution in [0.4, 0.5) is 0 Å². The molecule has 0 heterocycles. The Balaban J connectivity index is 2.52. The average molecular weight is 263 g/mol. The quantitative estimate of drug-likeness (QED) is 0.733. The van der Waals surface area contributed by atoms with Gasteiger partial charge < -0.3 is 10.1 Å². The van der Waals surface area contributed by atoms with E-state index in [-0.39, 0.29) is 12.0 Å². The van der Waals surface area contributed by atoms with Crippen LogP contribution in [0.15, 0.2) is 24.3 Å². The lowest BCUT2D eigenvalue weighted by Gasteiger charge is -2.16. The van der Waals surface area contributed by atoms with Crippen LogP contribution in [0.25, 0.3) is 0 Å². The molecule has 0 amide bonds. The van der Waals surface area contributed by atoms with Gasteiger partial charge in [-0.05, 0) is 30.9 Å². The Kier molecular flexibility index (Phi) is 7.19. The van der Waals surface area contributed by atoms with Crippen molar-refractivity contribution in [1.82, 2.24) is 5.32 Å². The van der Waals surface area contributed by atoms with Gasteiger partial charge in [-0.15, -0.1) is 0 Å². The summed E-state index contributed by atoms with van der Waals surface area (Å²) < 4.78 is 5.08. The van der Waals surface area contributed by atoms with Crippen molar-refractivity contribution in [1.29, 1.82) is 0 Å². The Labute approximate surface area is 116 Å². The molecule has 0 aromatic heterocycles. The summed E-state index contributed by atoms with van der Waals surface area (Å²) in [7, 11) is 0. The summed E-state index contributed by atoms with van der Waals surface area (Å²) in [4.78, 5) is 11.8. The fraction of sp³-hybridized carbons (Fsp3) is 0.562. The molecule has 1 aromatic carbocycles. The van der Waals surface area contributed by atoms with E-state index in [9.17, 15) is 4.79 Å². The number of hydrogen-bond donors (Lipinski definition) is 1. The van der Waals surface area contributed by atoms with E-state index in [1.165, 1.54) is 11.1 Å². The molecule has 1 unspecified atom stereocenters. The molecule has 3 heteroatoms. The summed E-state index contributed by atoms with van der Waals surface area (Å²) in [6, 6.07) is 8.29. The minimum absolute atomic E-state index is 0.144. The zero-order valence-electron chi connectivity index (χ0n) is 12.2. The molecular weight excluding hydrogens is 238 g/mol. The smallest absolute Gasteiger partial charge is 0.323 e. The van der Waals surface area contributed by atoms with Gasteiger partial charge in [-0.3, -0.25) is 4.79 Å². The van der Waals surface area contributed by atoms with Crippen molar-refractivity contribution in [2.75, 3.05) is 6.61 Å². The standard InChI is InChI=1S/C16H25NO2/c1-4-7-15(16(18)19-6-3)17-12-14-10-8-13(5-2)9-11-14/h8-11,15,17H,4-7,12H2,1-3H3. The van der Waals surface area contributed by atoms with Crippen molar-refractivity contribution in [2.24, 2.45) is 0 Å². The third-order valence-electron chi connectivity index (χ3n) is 3.13. The van der Waals surface area contributed by atoms with E-state index in [1.807, 2.05) is 6.92 Å². The Morgan fingerprint density at radius 1 is 1.16 bits per heavy atom. The summed E-state index contributed by atoms with van der Waals surface area (Å²) in [6.45, 7) is 7.19. The molecule has 0 bridgehead atoms. The molecule has 1 N–H and O–H groups in total. The third kappa shape index (κ3) is 5.43. The van der Waals surface area contributed by atoms with E-state index in [0.29, 0.717) is 13.2 Å². The first-order chi connectivity index (χ1) is 9.21. The molecule has 3 nitrogen and oxygen atoms in total. The number of ether oxygens (including phenoxy) is 1. The van der Waals surface area contributed by atoms with Crippen LogP contribution in [0.3, 0.4) is 0 Å². The summed E-state index contributed by atoms with van der Waals surface area (Å²) >= 11 is 0. The van der Waals surface area contributed by atoms with Gasteiger partial charge in [0.05, 0.1) is 6.61 Å². The molecule has 106 valence electrons. The number of carbonyl (C=O) groups is 1. The van der Waals surface area contributed by atoms with Gasteiger partial charge in [-0.2, -0.15) is 0 Å². The highest BCUT2D eigenvalue weighted by Gasteiger charge is 2.17. The van der Waals surface area contributed by atoms with Crippen LogP contribution < -0.4 is 5.32 Å². The van der Waals surface area contributed by atoms with Crippen LogP contribution in [-0.4, -0.2) is 18.6 Å². The van der Waals surface area contributed by atoms with Crippen molar-refractivity contribution in [3.05, 3.63) is 35.4 Å². The van der Waals surface area contributed by atoms with E-state index < -0.39 is 0 Å². The first kappa shape index (κ1) is 15.7. The predicted octanol–water partition coefficient (Wildman–Crippen LogP) is 3.07. The lowest BCUT2D eigenvalue weighted by atomic mass is 10.1. The summed E-state index contributed by atoms with van der Waals surface area (Å²) in [5, 5.41) is 3.28. The van der Waals surface area contributed by atoms with Crippen LogP contribution in [0.2, 0.25) is 0 Å². The molecule has 0 aliphatic carbocycles. The maximum atomic E-state index is 11.8. The molecule has 19 heavy (non-hydrogen) atoms. The molecule has 1 aromatic rings. The minimum atomic E-state index is -0.198. The number of esters is 1. The fourth-order valence-electron chi connectivity index (χ4n) is 1.97. The van der Waals surface area contributed by atoms with Gasteiger partial charge in [0.1, 0.15) is 6.04 Å². The molecule has 0 aliphatic heterocycles. The van der Waals surface area contributed by atoms with E-state index in [2.05, 4.69) is 43.4 Å². The largest absolute Gasteiger partial charge is 0.465 e. The predicted molar refractivity (Wildman–Crippen MR) is 78.0 cm³/mol. The second-order valence-electron chi connectivity index (χ2n) is 4.64. The minimum Gasteiger partial charge on any atom is -0.465 e. The fourth-order valence-corrected chi connectivity index (χ4v) is 1.97. The third-order valence-corrected chi connectivity index (χ3v) is 3.13. The van der Waals surface area contributed by atoms with Crippen molar-refractivity contribution in [2.45, 2.75) is 52.6 Å². The Bertz CT molecular complexity index is 373. The van der Waals surface area contributed by atoms with Crippen molar-refractivity contribution < 1.29 is 9.53 Å². The van der Waals surface area contributed by atoms with Crippen molar-refractivity contribution >= 4 is 5.97 Å². The molecule has 1 rings (SSSR count). The first-order valence-electron chi connectivity index (χ1n) is 7.19. The highest BCUT2D eigenvalue weighted by atomic mass is 16.5.